The van der Waals surface area contributed by atoms with Gasteiger partial charge in [-0.25, -0.2) is 8.42 Å². The molecule has 0 spiro atoms. The molecule has 2 heterocycles. The fraction of sp³-hybridized carbons (Fsp3) is 0.632. The molecule has 0 aromatic heterocycles. The van der Waals surface area contributed by atoms with E-state index in [0.29, 0.717) is 31.7 Å². The van der Waals surface area contributed by atoms with Gasteiger partial charge < -0.3 is 22.2 Å². The first kappa shape index (κ1) is 23.4. The molecule has 3 rings (SSSR count). The van der Waals surface area contributed by atoms with Crippen molar-refractivity contribution in [3.8, 4) is 0 Å². The SMILES string of the molecule is CCN1CCN(C(=O)c2ccc(Cl)c(S(=O)(=O)N3CCCCCC3)c2)CC1.[Cl-]. The van der Waals surface area contributed by atoms with Crippen LogP contribution in [0.5, 0.6) is 0 Å². The van der Waals surface area contributed by atoms with Gasteiger partial charge in [0.1, 0.15) is 4.90 Å². The molecule has 0 bridgehead atoms. The van der Waals surface area contributed by atoms with Gasteiger partial charge in [0.05, 0.1) is 5.02 Å². The van der Waals surface area contributed by atoms with Gasteiger partial charge in [-0.15, -0.1) is 0 Å². The topological polar surface area (TPSA) is 60.9 Å². The summed E-state index contributed by atoms with van der Waals surface area (Å²) >= 11 is 6.23. The van der Waals surface area contributed by atoms with Gasteiger partial charge in [-0.2, -0.15) is 4.31 Å². The number of carbonyl (C=O) groups is 1. The lowest BCUT2D eigenvalue weighted by atomic mass is 10.2. The lowest BCUT2D eigenvalue weighted by Crippen LogP contribution is -3.00. The third-order valence-corrected chi connectivity index (χ3v) is 7.85. The van der Waals surface area contributed by atoms with Crippen molar-refractivity contribution < 1.29 is 25.6 Å². The van der Waals surface area contributed by atoms with Crippen molar-refractivity contribution in [2.75, 3.05) is 45.8 Å². The lowest BCUT2D eigenvalue weighted by molar-refractivity contribution is -0.0000185. The number of amides is 1. The van der Waals surface area contributed by atoms with E-state index in [-0.39, 0.29) is 28.2 Å². The Morgan fingerprint density at radius 1 is 1.00 bits per heavy atom. The monoisotopic (exact) mass is 448 g/mol. The molecule has 0 atom stereocenters. The summed E-state index contributed by atoms with van der Waals surface area (Å²) < 4.78 is 27.7. The van der Waals surface area contributed by atoms with Crippen LogP contribution in [0.15, 0.2) is 23.1 Å². The van der Waals surface area contributed by atoms with Crippen LogP contribution in [-0.4, -0.2) is 74.2 Å². The van der Waals surface area contributed by atoms with Crippen LogP contribution in [0, 0.1) is 0 Å². The number of nitrogens with zero attached hydrogens (tertiary/aromatic N) is 3. The van der Waals surface area contributed by atoms with Gasteiger partial charge in [0.2, 0.25) is 10.0 Å². The zero-order valence-electron chi connectivity index (χ0n) is 16.2. The predicted octanol–water partition coefficient (Wildman–Crippen LogP) is -0.314. The van der Waals surface area contributed by atoms with Crippen LogP contribution in [-0.2, 0) is 10.0 Å². The molecule has 2 fully saturated rings. The molecule has 6 nitrogen and oxygen atoms in total. The fourth-order valence-corrected chi connectivity index (χ4v) is 5.72. The third kappa shape index (κ3) is 5.19. The first-order chi connectivity index (χ1) is 12.9. The maximum Gasteiger partial charge on any atom is 0.253 e. The van der Waals surface area contributed by atoms with Crippen LogP contribution >= 0.6 is 11.6 Å². The molecule has 0 N–H and O–H groups in total. The van der Waals surface area contributed by atoms with Gasteiger partial charge in [-0.3, -0.25) is 4.79 Å². The molecule has 2 aliphatic rings. The maximum absolute atomic E-state index is 13.1. The second-order valence-electron chi connectivity index (χ2n) is 7.19. The summed E-state index contributed by atoms with van der Waals surface area (Å²) in [4.78, 5) is 17.0. The van der Waals surface area contributed by atoms with Gasteiger partial charge in [0, 0.05) is 44.8 Å². The summed E-state index contributed by atoms with van der Waals surface area (Å²) in [6.45, 7) is 7.10. The third-order valence-electron chi connectivity index (χ3n) is 5.47. The Labute approximate surface area is 179 Å². The van der Waals surface area contributed by atoms with Crippen molar-refractivity contribution in [1.82, 2.24) is 14.1 Å². The minimum atomic E-state index is -3.69. The number of hydrogen-bond donors (Lipinski definition) is 0. The van der Waals surface area contributed by atoms with Crippen LogP contribution in [0.4, 0.5) is 0 Å². The highest BCUT2D eigenvalue weighted by Crippen LogP contribution is 2.28. The molecule has 2 saturated heterocycles. The summed E-state index contributed by atoms with van der Waals surface area (Å²) in [5.74, 6) is -0.130. The Morgan fingerprint density at radius 2 is 1.61 bits per heavy atom. The highest BCUT2D eigenvalue weighted by Gasteiger charge is 2.29. The molecule has 2 aliphatic heterocycles. The van der Waals surface area contributed by atoms with E-state index in [9.17, 15) is 13.2 Å². The van der Waals surface area contributed by atoms with E-state index < -0.39 is 10.0 Å². The molecular formula is C19H28Cl2N3O3S-. The minimum Gasteiger partial charge on any atom is -1.00 e. The van der Waals surface area contributed by atoms with E-state index in [4.69, 9.17) is 11.6 Å². The number of piperazine rings is 1. The number of rotatable bonds is 4. The molecule has 28 heavy (non-hydrogen) atoms. The zero-order valence-corrected chi connectivity index (χ0v) is 18.6. The van der Waals surface area contributed by atoms with E-state index in [2.05, 4.69) is 11.8 Å². The molecule has 1 amide bonds. The van der Waals surface area contributed by atoms with Crippen molar-refractivity contribution >= 4 is 27.5 Å². The zero-order chi connectivity index (χ0) is 19.4. The van der Waals surface area contributed by atoms with E-state index in [1.54, 1.807) is 11.0 Å². The maximum atomic E-state index is 13.1. The number of likely N-dealkylation sites (N-methyl/N-ethyl adjacent to an activating group) is 1. The molecule has 0 aliphatic carbocycles. The van der Waals surface area contributed by atoms with Gasteiger partial charge in [-0.05, 0) is 37.6 Å². The Bertz CT molecular complexity index is 773. The fourth-order valence-electron chi connectivity index (χ4n) is 3.70. The highest BCUT2D eigenvalue weighted by atomic mass is 35.5. The normalized spacial score (nSPS) is 19.7. The van der Waals surface area contributed by atoms with E-state index in [1.807, 2.05) is 0 Å². The Balaban J connectivity index is 0.00000280. The Kier molecular flexibility index (Phi) is 8.58. The summed E-state index contributed by atoms with van der Waals surface area (Å²) in [5, 5.41) is 0.173. The predicted molar refractivity (Wildman–Crippen MR) is 107 cm³/mol. The second kappa shape index (κ2) is 10.3. The number of carbonyl (C=O) groups excluding carboxylic acids is 1. The van der Waals surface area contributed by atoms with Crippen molar-refractivity contribution in [2.45, 2.75) is 37.5 Å². The van der Waals surface area contributed by atoms with Gasteiger partial charge in [0.25, 0.3) is 5.91 Å². The Hall–Kier alpha value is -0.860. The molecule has 0 unspecified atom stereocenters. The van der Waals surface area contributed by atoms with Gasteiger partial charge in [-0.1, -0.05) is 31.4 Å². The van der Waals surface area contributed by atoms with Crippen molar-refractivity contribution in [3.05, 3.63) is 28.8 Å². The standard InChI is InChI=1S/C19H28ClN3O3S.ClH/c1-2-21-11-13-22(14-12-21)19(24)16-7-8-17(20)18(15-16)27(25,26)23-9-5-3-4-6-10-23;/h7-8,15H,2-6,9-14H2,1H3;1H/p-1. The first-order valence-electron chi connectivity index (χ1n) is 9.75. The molecule has 158 valence electrons. The van der Waals surface area contributed by atoms with Crippen LogP contribution in [0.1, 0.15) is 43.0 Å². The van der Waals surface area contributed by atoms with Crippen molar-refractivity contribution in [3.63, 3.8) is 0 Å². The minimum absolute atomic E-state index is 0. The summed E-state index contributed by atoms with van der Waals surface area (Å²) in [6.07, 6.45) is 3.80. The van der Waals surface area contributed by atoms with Crippen molar-refractivity contribution in [1.29, 1.82) is 0 Å². The number of benzene rings is 1. The number of halogens is 2. The molecule has 0 radical (unpaired) electrons. The molecule has 9 heteroatoms. The van der Waals surface area contributed by atoms with E-state index in [1.165, 1.54) is 16.4 Å². The quantitative estimate of drug-likeness (QED) is 0.633. The van der Waals surface area contributed by atoms with Crippen LogP contribution in [0.2, 0.25) is 5.02 Å². The smallest absolute Gasteiger partial charge is 0.253 e. The second-order valence-corrected chi connectivity index (χ2v) is 9.50. The van der Waals surface area contributed by atoms with Crippen LogP contribution in [0.25, 0.3) is 0 Å². The van der Waals surface area contributed by atoms with Crippen molar-refractivity contribution in [2.24, 2.45) is 0 Å². The summed E-state index contributed by atoms with van der Waals surface area (Å²) in [6, 6.07) is 4.61. The van der Waals surface area contributed by atoms with E-state index in [0.717, 1.165) is 45.3 Å². The molecular weight excluding hydrogens is 421 g/mol. The van der Waals surface area contributed by atoms with Gasteiger partial charge >= 0.3 is 0 Å². The average Bonchev–Trinajstić information content (AvgIpc) is 2.98. The average molecular weight is 449 g/mol. The first-order valence-corrected chi connectivity index (χ1v) is 11.6. The van der Waals surface area contributed by atoms with Gasteiger partial charge in [0.15, 0.2) is 0 Å². The summed E-state index contributed by atoms with van der Waals surface area (Å²) in [7, 11) is -3.69. The summed E-state index contributed by atoms with van der Waals surface area (Å²) in [5.41, 5.74) is 0.387. The highest BCUT2D eigenvalue weighted by molar-refractivity contribution is 7.89. The number of sulfonamides is 1. The van der Waals surface area contributed by atoms with Crippen LogP contribution in [0.3, 0.4) is 0 Å². The Morgan fingerprint density at radius 3 is 2.18 bits per heavy atom. The van der Waals surface area contributed by atoms with Crippen LogP contribution < -0.4 is 12.4 Å². The van der Waals surface area contributed by atoms with E-state index >= 15 is 0 Å². The number of hydrogen-bond acceptors (Lipinski definition) is 4. The molecule has 1 aromatic rings. The molecule has 1 aromatic carbocycles. The molecule has 0 saturated carbocycles. The largest absolute Gasteiger partial charge is 1.00 e. The lowest BCUT2D eigenvalue weighted by Gasteiger charge is -2.34.